The Morgan fingerprint density at radius 3 is 1.21 bits per heavy atom. The van der Waals surface area contributed by atoms with Crippen LogP contribution < -0.4 is 8.37 Å². The van der Waals surface area contributed by atoms with Gasteiger partial charge >= 0.3 is 0 Å². The Bertz CT molecular complexity index is 779. The van der Waals surface area contributed by atoms with Gasteiger partial charge in [-0.25, -0.2) is 8.42 Å². The minimum atomic E-state index is -1.80. The fraction of sp³-hybridized carbons (Fsp3) is 0. The second kappa shape index (κ2) is 7.90. The zero-order valence-electron chi connectivity index (χ0n) is 12.5. The fourth-order valence-electron chi connectivity index (χ4n) is 1.94. The predicted molar refractivity (Wildman–Crippen MR) is 93.4 cm³/mol. The highest BCUT2D eigenvalue weighted by Crippen LogP contribution is 2.23. The summed E-state index contributed by atoms with van der Waals surface area (Å²) in [4.78, 5) is 0.631. The van der Waals surface area contributed by atoms with E-state index in [1.807, 2.05) is 12.1 Å². The van der Waals surface area contributed by atoms with Gasteiger partial charge in [-0.15, -0.1) is 0 Å². The third-order valence-corrected chi connectivity index (χ3v) is 5.29. The van der Waals surface area contributed by atoms with E-state index in [2.05, 4.69) is 0 Å². The molecule has 3 aromatic rings. The van der Waals surface area contributed by atoms with Gasteiger partial charge in [0.15, 0.2) is 0 Å². The molecule has 0 heterocycles. The zero-order chi connectivity index (χ0) is 16.8. The maximum absolute atomic E-state index is 12.5. The van der Waals surface area contributed by atoms with Gasteiger partial charge in [-0.3, -0.25) is 0 Å². The molecule has 0 bridgehead atoms. The second-order valence-corrected chi connectivity index (χ2v) is 6.86. The largest absolute Gasteiger partial charge is 0.397 e. The normalized spacial score (nSPS) is 13.0. The predicted octanol–water partition coefficient (Wildman–Crippen LogP) is 3.89. The number of hydrogen-bond donors (Lipinski definition) is 0. The molecule has 24 heavy (non-hydrogen) atoms. The van der Waals surface area contributed by atoms with Crippen molar-refractivity contribution < 1.29 is 16.8 Å². The highest BCUT2D eigenvalue weighted by molar-refractivity contribution is 7.83. The second-order valence-electron chi connectivity index (χ2n) is 4.71. The van der Waals surface area contributed by atoms with Gasteiger partial charge in [0.1, 0.15) is 11.5 Å². The molecule has 3 rings (SSSR count). The van der Waals surface area contributed by atoms with Gasteiger partial charge in [-0.05, 0) is 36.4 Å². The molecule has 0 radical (unpaired) electrons. The summed E-state index contributed by atoms with van der Waals surface area (Å²) in [7, 11) is 0. The summed E-state index contributed by atoms with van der Waals surface area (Å²) in [6.07, 6.45) is 0. The first kappa shape index (κ1) is 16.4. The van der Waals surface area contributed by atoms with Gasteiger partial charge in [0.2, 0.25) is 22.2 Å². The van der Waals surface area contributed by atoms with Crippen molar-refractivity contribution >= 4 is 22.2 Å². The summed E-state index contributed by atoms with van der Waals surface area (Å²) in [5, 5.41) is 0. The molecular formula is C18H14O4S2. The monoisotopic (exact) mass is 358 g/mol. The summed E-state index contributed by atoms with van der Waals surface area (Å²) in [5.41, 5.74) is 0. The quantitative estimate of drug-likeness (QED) is 0.671. The van der Waals surface area contributed by atoms with Gasteiger partial charge in [0, 0.05) is 0 Å². The van der Waals surface area contributed by atoms with Crippen LogP contribution in [-0.4, -0.2) is 8.42 Å². The van der Waals surface area contributed by atoms with Crippen molar-refractivity contribution in [2.24, 2.45) is 0 Å². The Labute approximate surface area is 145 Å². The third-order valence-electron chi connectivity index (χ3n) is 3.04. The highest BCUT2D eigenvalue weighted by atomic mass is 32.2. The van der Waals surface area contributed by atoms with Crippen molar-refractivity contribution in [3.8, 4) is 11.5 Å². The first-order valence-corrected chi connectivity index (χ1v) is 9.28. The van der Waals surface area contributed by atoms with Crippen LogP contribution in [0, 0.1) is 0 Å². The summed E-state index contributed by atoms with van der Waals surface area (Å²) in [5.74, 6) is 0.945. The number of benzene rings is 3. The lowest BCUT2D eigenvalue weighted by molar-refractivity contribution is 0.549. The van der Waals surface area contributed by atoms with E-state index < -0.39 is 22.2 Å². The van der Waals surface area contributed by atoms with Gasteiger partial charge in [0.25, 0.3) is 0 Å². The summed E-state index contributed by atoms with van der Waals surface area (Å²) < 4.78 is 35.8. The maximum Gasteiger partial charge on any atom is 0.242 e. The smallest absolute Gasteiger partial charge is 0.242 e. The van der Waals surface area contributed by atoms with Crippen molar-refractivity contribution in [2.45, 2.75) is 9.79 Å². The standard InChI is InChI=1S/C18H14O4S2/c19-23(21-15-9-3-1-4-10-15)17-13-7-8-14-18(17)24(20)22-16-11-5-2-6-12-16/h1-14H. The molecule has 0 N–H and O–H groups in total. The summed E-state index contributed by atoms with van der Waals surface area (Å²) in [6.45, 7) is 0. The zero-order valence-corrected chi connectivity index (χ0v) is 14.2. The minimum Gasteiger partial charge on any atom is -0.397 e. The Morgan fingerprint density at radius 2 is 0.833 bits per heavy atom. The third kappa shape index (κ3) is 4.10. The lowest BCUT2D eigenvalue weighted by Gasteiger charge is -2.10. The number of rotatable bonds is 6. The van der Waals surface area contributed by atoms with E-state index in [1.54, 1.807) is 72.8 Å². The highest BCUT2D eigenvalue weighted by Gasteiger charge is 2.18. The summed E-state index contributed by atoms with van der Waals surface area (Å²) in [6, 6.07) is 24.3. The van der Waals surface area contributed by atoms with Crippen LogP contribution in [0.1, 0.15) is 0 Å². The molecule has 0 saturated heterocycles. The fourth-order valence-corrected chi connectivity index (χ4v) is 3.95. The van der Waals surface area contributed by atoms with Gasteiger partial charge in [-0.1, -0.05) is 48.5 Å². The minimum absolute atomic E-state index is 0.315. The van der Waals surface area contributed by atoms with Gasteiger partial charge in [0.05, 0.1) is 9.79 Å². The molecule has 3 aromatic carbocycles. The molecule has 0 amide bonds. The molecule has 6 heteroatoms. The van der Waals surface area contributed by atoms with Crippen LogP contribution in [0.2, 0.25) is 0 Å². The lowest BCUT2D eigenvalue weighted by Crippen LogP contribution is -2.08. The SMILES string of the molecule is O=S(Oc1ccccc1)c1ccccc1S(=O)Oc1ccccc1. The average Bonchev–Trinajstić information content (AvgIpc) is 2.63. The van der Waals surface area contributed by atoms with E-state index in [-0.39, 0.29) is 0 Å². The van der Waals surface area contributed by atoms with E-state index in [0.29, 0.717) is 21.3 Å². The van der Waals surface area contributed by atoms with Crippen molar-refractivity contribution in [2.75, 3.05) is 0 Å². The molecule has 4 nitrogen and oxygen atoms in total. The lowest BCUT2D eigenvalue weighted by atomic mass is 10.3. The van der Waals surface area contributed by atoms with Crippen LogP contribution in [0.3, 0.4) is 0 Å². The average molecular weight is 358 g/mol. The van der Waals surface area contributed by atoms with E-state index in [1.165, 1.54) is 0 Å². The Balaban J connectivity index is 1.82. The first-order valence-electron chi connectivity index (χ1n) is 7.13. The maximum atomic E-state index is 12.5. The van der Waals surface area contributed by atoms with Crippen LogP contribution >= 0.6 is 0 Å². The summed E-state index contributed by atoms with van der Waals surface area (Å²) >= 11 is -3.60. The Kier molecular flexibility index (Phi) is 5.40. The van der Waals surface area contributed by atoms with Crippen LogP contribution in [0.15, 0.2) is 94.7 Å². The molecule has 0 aliphatic rings. The van der Waals surface area contributed by atoms with Crippen LogP contribution in [-0.2, 0) is 22.2 Å². The molecule has 0 spiro atoms. The molecule has 0 aromatic heterocycles. The molecule has 0 aliphatic carbocycles. The van der Waals surface area contributed by atoms with Crippen molar-refractivity contribution in [1.29, 1.82) is 0 Å². The van der Waals surface area contributed by atoms with Gasteiger partial charge in [-0.2, -0.15) is 0 Å². The number of hydrogen-bond acceptors (Lipinski definition) is 4. The van der Waals surface area contributed by atoms with E-state index in [9.17, 15) is 8.42 Å². The van der Waals surface area contributed by atoms with Crippen LogP contribution in [0.5, 0.6) is 11.5 Å². The van der Waals surface area contributed by atoms with Crippen molar-refractivity contribution in [1.82, 2.24) is 0 Å². The van der Waals surface area contributed by atoms with E-state index in [0.717, 1.165) is 0 Å². The van der Waals surface area contributed by atoms with E-state index >= 15 is 0 Å². The molecular weight excluding hydrogens is 344 g/mol. The van der Waals surface area contributed by atoms with Gasteiger partial charge < -0.3 is 8.37 Å². The molecule has 122 valence electrons. The van der Waals surface area contributed by atoms with Crippen LogP contribution in [0.25, 0.3) is 0 Å². The van der Waals surface area contributed by atoms with Crippen molar-refractivity contribution in [3.63, 3.8) is 0 Å². The first-order chi connectivity index (χ1) is 11.7. The molecule has 0 saturated carbocycles. The molecule has 0 fully saturated rings. The molecule has 2 unspecified atom stereocenters. The topological polar surface area (TPSA) is 52.6 Å². The van der Waals surface area contributed by atoms with E-state index in [4.69, 9.17) is 8.37 Å². The number of para-hydroxylation sites is 2. The molecule has 2 atom stereocenters. The Morgan fingerprint density at radius 1 is 0.500 bits per heavy atom. The van der Waals surface area contributed by atoms with Crippen LogP contribution in [0.4, 0.5) is 0 Å². The Hall–Kier alpha value is -2.44. The van der Waals surface area contributed by atoms with Crippen molar-refractivity contribution in [3.05, 3.63) is 84.9 Å². The molecule has 0 aliphatic heterocycles.